The molecule has 1 aromatic carbocycles. The molecule has 0 aliphatic heterocycles. The molecule has 0 bridgehead atoms. The van der Waals surface area contributed by atoms with Crippen LogP contribution in [0.3, 0.4) is 0 Å². The Balaban J connectivity index is 1.88. The zero-order valence-electron chi connectivity index (χ0n) is 13.5. The second kappa shape index (κ2) is 7.97. The molecule has 1 amide bonds. The smallest absolute Gasteiger partial charge is 0.307 e. The molecule has 1 saturated carbocycles. The molecule has 23 heavy (non-hydrogen) atoms. The Labute approximate surface area is 135 Å². The third-order valence-corrected chi connectivity index (χ3v) is 3.81. The molecule has 6 nitrogen and oxygen atoms in total. The van der Waals surface area contributed by atoms with Crippen molar-refractivity contribution >= 4 is 11.9 Å². The van der Waals surface area contributed by atoms with E-state index < -0.39 is 17.8 Å². The first-order valence-electron chi connectivity index (χ1n) is 7.83. The van der Waals surface area contributed by atoms with Gasteiger partial charge in [-0.3, -0.25) is 9.59 Å². The van der Waals surface area contributed by atoms with Crippen molar-refractivity contribution in [1.82, 2.24) is 5.32 Å². The highest BCUT2D eigenvalue weighted by Crippen LogP contribution is 2.38. The maximum absolute atomic E-state index is 11.9. The highest BCUT2D eigenvalue weighted by atomic mass is 16.5. The molecule has 0 spiro atoms. The number of hydrogen-bond acceptors (Lipinski definition) is 4. The van der Waals surface area contributed by atoms with E-state index in [4.69, 9.17) is 14.6 Å². The van der Waals surface area contributed by atoms with Crippen LogP contribution in [0.2, 0.25) is 0 Å². The minimum absolute atomic E-state index is 0.210. The van der Waals surface area contributed by atoms with Crippen LogP contribution in [0.4, 0.5) is 0 Å². The molecular formula is C17H23NO5. The predicted octanol–water partition coefficient (Wildman–Crippen LogP) is 1.75. The highest BCUT2D eigenvalue weighted by Gasteiger charge is 2.48. The molecule has 2 rings (SSSR count). The molecule has 2 atom stereocenters. The lowest BCUT2D eigenvalue weighted by molar-refractivity contribution is -0.140. The number of aliphatic carboxylic acids is 1. The second-order valence-electron chi connectivity index (χ2n) is 5.66. The van der Waals surface area contributed by atoms with E-state index in [0.717, 1.165) is 16.9 Å². The molecule has 1 aromatic rings. The fourth-order valence-corrected chi connectivity index (χ4v) is 2.37. The molecule has 0 radical (unpaired) electrons. The van der Waals surface area contributed by atoms with Gasteiger partial charge in [0.15, 0.2) is 0 Å². The van der Waals surface area contributed by atoms with E-state index in [2.05, 4.69) is 5.32 Å². The maximum Gasteiger partial charge on any atom is 0.307 e. The molecular weight excluding hydrogens is 298 g/mol. The number of carboxylic acids is 1. The molecule has 2 N–H and O–H groups in total. The summed E-state index contributed by atoms with van der Waals surface area (Å²) in [6, 6.07) is 5.78. The molecule has 1 fully saturated rings. The Morgan fingerprint density at radius 2 is 2.09 bits per heavy atom. The number of carbonyl (C=O) groups is 2. The number of nitrogens with one attached hydrogen (secondary N) is 1. The van der Waals surface area contributed by atoms with Gasteiger partial charge in [0.05, 0.1) is 18.4 Å². The lowest BCUT2D eigenvalue weighted by Crippen LogP contribution is -2.26. The van der Waals surface area contributed by atoms with Crippen LogP contribution < -0.4 is 10.1 Å². The van der Waals surface area contributed by atoms with Crippen LogP contribution in [0, 0.1) is 18.8 Å². The molecule has 6 heteroatoms. The van der Waals surface area contributed by atoms with E-state index in [-0.39, 0.29) is 5.91 Å². The van der Waals surface area contributed by atoms with Crippen molar-refractivity contribution in [3.63, 3.8) is 0 Å². The maximum atomic E-state index is 11.9. The van der Waals surface area contributed by atoms with Crippen molar-refractivity contribution < 1.29 is 24.2 Å². The molecule has 0 saturated heterocycles. The molecule has 0 heterocycles. The Bertz CT molecular complexity index is 572. The van der Waals surface area contributed by atoms with Crippen LogP contribution >= 0.6 is 0 Å². The minimum Gasteiger partial charge on any atom is -0.491 e. The molecule has 1 aliphatic rings. The molecule has 126 valence electrons. The first kappa shape index (κ1) is 17.3. The molecule has 2 unspecified atom stereocenters. The number of amides is 1. The van der Waals surface area contributed by atoms with Gasteiger partial charge in [-0.2, -0.15) is 0 Å². The van der Waals surface area contributed by atoms with Gasteiger partial charge in [0.25, 0.3) is 0 Å². The summed E-state index contributed by atoms with van der Waals surface area (Å²) in [5, 5.41) is 11.7. The number of ether oxygens (including phenoxy) is 2. The Morgan fingerprint density at radius 1 is 1.30 bits per heavy atom. The average molecular weight is 321 g/mol. The van der Waals surface area contributed by atoms with Crippen LogP contribution in [-0.2, 0) is 20.9 Å². The first-order chi connectivity index (χ1) is 11.0. The third kappa shape index (κ3) is 4.96. The van der Waals surface area contributed by atoms with Gasteiger partial charge in [-0.1, -0.05) is 12.1 Å². The number of benzene rings is 1. The van der Waals surface area contributed by atoms with Gasteiger partial charge in [-0.05, 0) is 31.9 Å². The van der Waals surface area contributed by atoms with E-state index in [0.29, 0.717) is 32.8 Å². The monoisotopic (exact) mass is 321 g/mol. The fraction of sp³-hybridized carbons (Fsp3) is 0.529. The number of rotatable bonds is 9. The topological polar surface area (TPSA) is 84.9 Å². The summed E-state index contributed by atoms with van der Waals surface area (Å²) in [6.45, 7) is 5.83. The summed E-state index contributed by atoms with van der Waals surface area (Å²) in [5.74, 6) is -1.33. The van der Waals surface area contributed by atoms with Crippen molar-refractivity contribution in [2.24, 2.45) is 11.8 Å². The van der Waals surface area contributed by atoms with Gasteiger partial charge >= 0.3 is 5.97 Å². The average Bonchev–Trinajstić information content (AvgIpc) is 3.31. The van der Waals surface area contributed by atoms with Gasteiger partial charge in [0, 0.05) is 18.7 Å². The SMILES string of the molecule is CCOCCOc1cc(C)ccc1CNC(=O)C1CC1C(=O)O. The Morgan fingerprint density at radius 3 is 2.74 bits per heavy atom. The zero-order chi connectivity index (χ0) is 16.8. The summed E-state index contributed by atoms with van der Waals surface area (Å²) in [5.41, 5.74) is 1.94. The number of carboxylic acid groups (broad SMARTS) is 1. The van der Waals surface area contributed by atoms with E-state index >= 15 is 0 Å². The van der Waals surface area contributed by atoms with Crippen LogP contribution in [0.15, 0.2) is 18.2 Å². The summed E-state index contributed by atoms with van der Waals surface area (Å²) in [7, 11) is 0. The van der Waals surface area contributed by atoms with Crippen LogP contribution in [0.5, 0.6) is 5.75 Å². The fourth-order valence-electron chi connectivity index (χ4n) is 2.37. The molecule has 1 aliphatic carbocycles. The predicted molar refractivity (Wildman–Crippen MR) is 84.2 cm³/mol. The zero-order valence-corrected chi connectivity index (χ0v) is 13.5. The molecule has 0 aromatic heterocycles. The summed E-state index contributed by atoms with van der Waals surface area (Å²) in [6.07, 6.45) is 0.423. The number of carbonyl (C=O) groups excluding carboxylic acids is 1. The van der Waals surface area contributed by atoms with Crippen molar-refractivity contribution in [3.8, 4) is 5.75 Å². The Kier molecular flexibility index (Phi) is 5.98. The van der Waals surface area contributed by atoms with Gasteiger partial charge < -0.3 is 19.9 Å². The second-order valence-corrected chi connectivity index (χ2v) is 5.66. The number of aryl methyl sites for hydroxylation is 1. The van der Waals surface area contributed by atoms with Gasteiger partial charge in [-0.15, -0.1) is 0 Å². The van der Waals surface area contributed by atoms with Crippen molar-refractivity contribution in [3.05, 3.63) is 29.3 Å². The van der Waals surface area contributed by atoms with Crippen molar-refractivity contribution in [2.75, 3.05) is 19.8 Å². The van der Waals surface area contributed by atoms with Crippen molar-refractivity contribution in [2.45, 2.75) is 26.8 Å². The van der Waals surface area contributed by atoms with E-state index in [1.165, 1.54) is 0 Å². The van der Waals surface area contributed by atoms with Gasteiger partial charge in [0.2, 0.25) is 5.91 Å². The van der Waals surface area contributed by atoms with E-state index in [1.54, 1.807) is 0 Å². The lowest BCUT2D eigenvalue weighted by Gasteiger charge is -2.13. The standard InChI is InChI=1S/C17H23NO5/c1-3-22-6-7-23-15-8-11(2)4-5-12(15)10-18-16(19)13-9-14(13)17(20)21/h4-5,8,13-14H,3,6-7,9-10H2,1-2H3,(H,18,19)(H,20,21). The third-order valence-electron chi connectivity index (χ3n) is 3.81. The van der Waals surface area contributed by atoms with Crippen molar-refractivity contribution in [1.29, 1.82) is 0 Å². The first-order valence-corrected chi connectivity index (χ1v) is 7.83. The largest absolute Gasteiger partial charge is 0.491 e. The number of hydrogen-bond donors (Lipinski definition) is 2. The summed E-state index contributed by atoms with van der Waals surface area (Å²) >= 11 is 0. The van der Waals surface area contributed by atoms with Gasteiger partial charge in [0.1, 0.15) is 12.4 Å². The van der Waals surface area contributed by atoms with Gasteiger partial charge in [-0.25, -0.2) is 0 Å². The van der Waals surface area contributed by atoms with E-state index in [9.17, 15) is 9.59 Å². The van der Waals surface area contributed by atoms with Crippen LogP contribution in [0.1, 0.15) is 24.5 Å². The lowest BCUT2D eigenvalue weighted by atomic mass is 10.1. The minimum atomic E-state index is -0.902. The van der Waals surface area contributed by atoms with Crippen LogP contribution in [0.25, 0.3) is 0 Å². The summed E-state index contributed by atoms with van der Waals surface area (Å²) in [4.78, 5) is 22.7. The van der Waals surface area contributed by atoms with Crippen LogP contribution in [-0.4, -0.2) is 36.8 Å². The summed E-state index contributed by atoms with van der Waals surface area (Å²) < 4.78 is 11.0. The highest BCUT2D eigenvalue weighted by molar-refractivity contribution is 5.89. The normalized spacial score (nSPS) is 19.2. The quantitative estimate of drug-likeness (QED) is 0.677. The van der Waals surface area contributed by atoms with E-state index in [1.807, 2.05) is 32.0 Å². The Hall–Kier alpha value is -2.08.